The van der Waals surface area contributed by atoms with E-state index in [0.717, 1.165) is 0 Å². The van der Waals surface area contributed by atoms with Gasteiger partial charge in [-0.05, 0) is 24.3 Å². The number of carbonyl (C=O) groups excluding carboxylic acids is 3. The van der Waals surface area contributed by atoms with Crippen LogP contribution in [-0.2, 0) is 14.4 Å². The van der Waals surface area contributed by atoms with Gasteiger partial charge < -0.3 is 20.7 Å². The Bertz CT molecular complexity index is 866. The van der Waals surface area contributed by atoms with Crippen molar-refractivity contribution in [1.29, 1.82) is 0 Å². The molecule has 0 bridgehead atoms. The van der Waals surface area contributed by atoms with E-state index >= 15 is 0 Å². The predicted molar refractivity (Wildman–Crippen MR) is 96.4 cm³/mol. The zero-order valence-corrected chi connectivity index (χ0v) is 14.2. The molecule has 0 aromatic heterocycles. The van der Waals surface area contributed by atoms with Crippen molar-refractivity contribution < 1.29 is 24.0 Å². The topological polar surface area (TPSA) is 140 Å². The Balaban J connectivity index is 1.82. The van der Waals surface area contributed by atoms with Gasteiger partial charge in [-0.1, -0.05) is 6.07 Å². The van der Waals surface area contributed by atoms with Crippen LogP contribution in [0.1, 0.15) is 0 Å². The molecule has 140 valence electrons. The number of benzene rings is 2. The molecule has 2 rings (SSSR count). The van der Waals surface area contributed by atoms with E-state index in [1.54, 1.807) is 18.2 Å². The molecule has 10 heteroatoms. The van der Waals surface area contributed by atoms with Crippen LogP contribution >= 0.6 is 0 Å². The lowest BCUT2D eigenvalue weighted by Gasteiger charge is -2.08. The second-order valence-electron chi connectivity index (χ2n) is 5.22. The van der Waals surface area contributed by atoms with Gasteiger partial charge in [0.05, 0.1) is 18.6 Å². The lowest BCUT2D eigenvalue weighted by molar-refractivity contribution is -0.384. The van der Waals surface area contributed by atoms with Crippen LogP contribution in [0.15, 0.2) is 48.5 Å². The first-order valence-corrected chi connectivity index (χ1v) is 7.66. The van der Waals surface area contributed by atoms with Crippen molar-refractivity contribution in [3.05, 3.63) is 58.6 Å². The Hall–Kier alpha value is -3.95. The molecule has 10 nitrogen and oxygen atoms in total. The van der Waals surface area contributed by atoms with Crippen molar-refractivity contribution in [2.45, 2.75) is 0 Å². The molecule has 0 fully saturated rings. The van der Waals surface area contributed by atoms with Gasteiger partial charge in [-0.3, -0.25) is 24.5 Å². The molecule has 0 saturated heterocycles. The van der Waals surface area contributed by atoms with Crippen LogP contribution in [-0.4, -0.2) is 36.3 Å². The number of amides is 3. The van der Waals surface area contributed by atoms with Gasteiger partial charge in [0, 0.05) is 29.6 Å². The summed E-state index contributed by atoms with van der Waals surface area (Å²) in [6.45, 7) is -0.443. The number of nitrogens with zero attached hydrogens (tertiary/aromatic N) is 1. The van der Waals surface area contributed by atoms with Crippen molar-refractivity contribution in [2.24, 2.45) is 0 Å². The molecule has 0 saturated carbocycles. The molecule has 0 aliphatic heterocycles. The van der Waals surface area contributed by atoms with E-state index in [1.165, 1.54) is 37.4 Å². The Kier molecular flexibility index (Phi) is 6.42. The quantitative estimate of drug-likeness (QED) is 0.397. The third kappa shape index (κ3) is 5.81. The number of non-ortho nitro benzene ring substituents is 1. The van der Waals surface area contributed by atoms with E-state index in [9.17, 15) is 24.5 Å². The minimum absolute atomic E-state index is 0.115. The van der Waals surface area contributed by atoms with Crippen LogP contribution in [0.3, 0.4) is 0 Å². The Morgan fingerprint density at radius 2 is 1.70 bits per heavy atom. The molecule has 2 aromatic rings. The third-order valence-electron chi connectivity index (χ3n) is 3.31. The maximum atomic E-state index is 11.8. The Morgan fingerprint density at radius 1 is 1.00 bits per heavy atom. The van der Waals surface area contributed by atoms with Gasteiger partial charge in [-0.25, -0.2) is 0 Å². The number of ether oxygens (including phenoxy) is 1. The standard InChI is InChI=1S/C17H16N4O6/c1-27-14-4-2-3-12(9-14)20-17(24)16(23)18-10-15(22)19-11-5-7-13(8-6-11)21(25)26/h2-9H,10H2,1H3,(H,18,23)(H,19,22)(H,20,24). The third-order valence-corrected chi connectivity index (χ3v) is 3.31. The molecular formula is C17H16N4O6. The summed E-state index contributed by atoms with van der Waals surface area (Å²) in [5, 5.41) is 17.6. The Morgan fingerprint density at radius 3 is 2.33 bits per heavy atom. The highest BCUT2D eigenvalue weighted by atomic mass is 16.6. The van der Waals surface area contributed by atoms with Gasteiger partial charge in [0.1, 0.15) is 5.75 Å². The summed E-state index contributed by atoms with van der Waals surface area (Å²) in [5.74, 6) is -2.01. The molecule has 0 atom stereocenters. The summed E-state index contributed by atoms with van der Waals surface area (Å²) in [6.07, 6.45) is 0. The molecule has 27 heavy (non-hydrogen) atoms. The number of nitro groups is 1. The summed E-state index contributed by atoms with van der Waals surface area (Å²) in [5.41, 5.74) is 0.570. The van der Waals surface area contributed by atoms with E-state index in [1.807, 2.05) is 0 Å². The number of anilines is 2. The molecule has 0 heterocycles. The van der Waals surface area contributed by atoms with Gasteiger partial charge in [-0.2, -0.15) is 0 Å². The average molecular weight is 372 g/mol. The van der Waals surface area contributed by atoms with E-state index < -0.39 is 29.2 Å². The van der Waals surface area contributed by atoms with Crippen LogP contribution < -0.4 is 20.7 Å². The zero-order valence-electron chi connectivity index (χ0n) is 14.2. The number of hydrogen-bond donors (Lipinski definition) is 3. The highest BCUT2D eigenvalue weighted by molar-refractivity contribution is 6.39. The van der Waals surface area contributed by atoms with E-state index in [4.69, 9.17) is 4.74 Å². The maximum absolute atomic E-state index is 11.8. The first-order chi connectivity index (χ1) is 12.9. The van der Waals surface area contributed by atoms with Gasteiger partial charge in [0.25, 0.3) is 5.69 Å². The van der Waals surface area contributed by atoms with Gasteiger partial charge in [0.2, 0.25) is 5.91 Å². The molecule has 0 unspecified atom stereocenters. The summed E-state index contributed by atoms with van der Waals surface area (Å²) in [4.78, 5) is 45.4. The molecule has 0 radical (unpaired) electrons. The maximum Gasteiger partial charge on any atom is 0.313 e. The zero-order chi connectivity index (χ0) is 19.8. The van der Waals surface area contributed by atoms with Crippen LogP contribution in [0.2, 0.25) is 0 Å². The number of methoxy groups -OCH3 is 1. The largest absolute Gasteiger partial charge is 0.497 e. The number of nitrogens with one attached hydrogen (secondary N) is 3. The van der Waals surface area contributed by atoms with Crippen molar-refractivity contribution >= 4 is 34.8 Å². The fraction of sp³-hybridized carbons (Fsp3) is 0.118. The number of hydrogen-bond acceptors (Lipinski definition) is 6. The average Bonchev–Trinajstić information content (AvgIpc) is 2.66. The van der Waals surface area contributed by atoms with Gasteiger partial charge >= 0.3 is 11.8 Å². The van der Waals surface area contributed by atoms with Gasteiger partial charge in [0.15, 0.2) is 0 Å². The van der Waals surface area contributed by atoms with Crippen molar-refractivity contribution in [3.63, 3.8) is 0 Å². The minimum atomic E-state index is -0.989. The highest BCUT2D eigenvalue weighted by Crippen LogP contribution is 2.16. The second kappa shape index (κ2) is 8.94. The lowest BCUT2D eigenvalue weighted by Crippen LogP contribution is -2.39. The lowest BCUT2D eigenvalue weighted by atomic mass is 10.3. The molecule has 2 aromatic carbocycles. The van der Waals surface area contributed by atoms with E-state index in [-0.39, 0.29) is 5.69 Å². The van der Waals surface area contributed by atoms with Crippen LogP contribution in [0, 0.1) is 10.1 Å². The molecule has 0 aliphatic rings. The SMILES string of the molecule is COc1cccc(NC(=O)C(=O)NCC(=O)Nc2ccc([N+](=O)[O-])cc2)c1. The highest BCUT2D eigenvalue weighted by Gasteiger charge is 2.15. The molecule has 3 amide bonds. The van der Waals surface area contributed by atoms with Gasteiger partial charge in [-0.15, -0.1) is 0 Å². The van der Waals surface area contributed by atoms with Crippen molar-refractivity contribution in [3.8, 4) is 5.75 Å². The smallest absolute Gasteiger partial charge is 0.313 e. The number of rotatable bonds is 6. The fourth-order valence-electron chi connectivity index (χ4n) is 2.00. The number of carbonyl (C=O) groups is 3. The summed E-state index contributed by atoms with van der Waals surface area (Å²) >= 11 is 0. The van der Waals surface area contributed by atoms with E-state index in [2.05, 4.69) is 16.0 Å². The van der Waals surface area contributed by atoms with Crippen molar-refractivity contribution in [2.75, 3.05) is 24.3 Å². The first kappa shape index (κ1) is 19.4. The van der Waals surface area contributed by atoms with E-state index in [0.29, 0.717) is 17.1 Å². The first-order valence-electron chi connectivity index (χ1n) is 7.66. The normalized spacial score (nSPS) is 9.81. The predicted octanol–water partition coefficient (Wildman–Crippen LogP) is 1.30. The molecule has 3 N–H and O–H groups in total. The Labute approximate surface area is 153 Å². The summed E-state index contributed by atoms with van der Waals surface area (Å²) in [7, 11) is 1.47. The summed E-state index contributed by atoms with van der Waals surface area (Å²) in [6, 6.07) is 11.6. The monoisotopic (exact) mass is 372 g/mol. The van der Waals surface area contributed by atoms with Crippen molar-refractivity contribution in [1.82, 2.24) is 5.32 Å². The second-order valence-corrected chi connectivity index (χ2v) is 5.22. The molecular weight excluding hydrogens is 356 g/mol. The fourth-order valence-corrected chi connectivity index (χ4v) is 2.00. The van der Waals surface area contributed by atoms with Crippen LogP contribution in [0.4, 0.5) is 17.1 Å². The van der Waals surface area contributed by atoms with Crippen LogP contribution in [0.5, 0.6) is 5.75 Å². The number of nitro benzene ring substituents is 1. The molecule has 0 spiro atoms. The summed E-state index contributed by atoms with van der Waals surface area (Å²) < 4.78 is 5.01. The minimum Gasteiger partial charge on any atom is -0.497 e. The van der Waals surface area contributed by atoms with Crippen LogP contribution in [0.25, 0.3) is 0 Å². The molecule has 0 aliphatic carbocycles.